The van der Waals surface area contributed by atoms with Crippen LogP contribution >= 0.6 is 0 Å². The minimum Gasteiger partial charge on any atom is -0.264 e. The van der Waals surface area contributed by atoms with Crippen molar-refractivity contribution in [1.29, 1.82) is 0 Å². The first-order valence-electron chi connectivity index (χ1n) is 3.90. The van der Waals surface area contributed by atoms with E-state index in [1.807, 2.05) is 0 Å². The van der Waals surface area contributed by atoms with Crippen molar-refractivity contribution in [2.24, 2.45) is 0 Å². The molecule has 0 saturated heterocycles. The lowest BCUT2D eigenvalue weighted by molar-refractivity contribution is 0.153. The Kier molecular flexibility index (Phi) is 1.93. The number of alkyl halides is 2. The Labute approximate surface area is 74.0 Å². The van der Waals surface area contributed by atoms with Crippen LogP contribution in [0.5, 0.6) is 0 Å². The van der Waals surface area contributed by atoms with E-state index in [-0.39, 0.29) is 5.56 Å². The van der Waals surface area contributed by atoms with Gasteiger partial charge in [0.15, 0.2) is 0 Å². The predicted octanol–water partition coefficient (Wildman–Crippen LogP) is 3.17. The van der Waals surface area contributed by atoms with Gasteiger partial charge in [0.25, 0.3) is 6.43 Å². The van der Waals surface area contributed by atoms with Crippen molar-refractivity contribution < 1.29 is 8.78 Å². The molecule has 0 bridgehead atoms. The lowest BCUT2D eigenvalue weighted by Crippen LogP contribution is -1.86. The fourth-order valence-electron chi connectivity index (χ4n) is 1.34. The summed E-state index contributed by atoms with van der Waals surface area (Å²) in [6.07, 6.45) is 0.682. The van der Waals surface area contributed by atoms with Crippen molar-refractivity contribution in [3.8, 4) is 0 Å². The molecule has 3 heteroatoms. The maximum Gasteiger partial charge on any atom is 0.264 e. The summed E-state index contributed by atoms with van der Waals surface area (Å²) in [6, 6.07) is 6.43. The van der Waals surface area contributed by atoms with Gasteiger partial charge < -0.3 is 0 Å². The fraction of sp³-hybridized carbons (Fsp3) is 0.100. The van der Waals surface area contributed by atoms with E-state index in [0.717, 1.165) is 5.39 Å². The molecular weight excluding hydrogens is 172 g/mol. The van der Waals surface area contributed by atoms with E-state index in [9.17, 15) is 8.78 Å². The molecule has 0 spiro atoms. The molecule has 0 amide bonds. The molecular formula is C10H7F2N. The van der Waals surface area contributed by atoms with E-state index in [1.54, 1.807) is 24.4 Å². The number of nitrogens with zero attached hydrogens (tertiary/aromatic N) is 1. The van der Waals surface area contributed by atoms with Gasteiger partial charge in [-0.25, -0.2) is 8.78 Å². The zero-order chi connectivity index (χ0) is 9.26. The van der Waals surface area contributed by atoms with Gasteiger partial charge in [-0.15, -0.1) is 0 Å². The van der Waals surface area contributed by atoms with Crippen LogP contribution in [0, 0.1) is 0 Å². The van der Waals surface area contributed by atoms with Gasteiger partial charge in [0.05, 0.1) is 0 Å². The van der Waals surface area contributed by atoms with E-state index < -0.39 is 6.43 Å². The van der Waals surface area contributed by atoms with Crippen molar-refractivity contribution in [1.82, 2.24) is 4.98 Å². The fourth-order valence-corrected chi connectivity index (χ4v) is 1.34. The lowest BCUT2D eigenvalue weighted by Gasteiger charge is -2.03. The van der Waals surface area contributed by atoms with Gasteiger partial charge in [-0.2, -0.15) is 0 Å². The van der Waals surface area contributed by atoms with Crippen LogP contribution < -0.4 is 0 Å². The number of aromatic nitrogens is 1. The molecule has 0 atom stereocenters. The largest absolute Gasteiger partial charge is 0.264 e. The Morgan fingerprint density at radius 1 is 1.15 bits per heavy atom. The molecule has 0 aliphatic rings. The summed E-state index contributed by atoms with van der Waals surface area (Å²) >= 11 is 0. The summed E-state index contributed by atoms with van der Waals surface area (Å²) < 4.78 is 25.0. The summed E-state index contributed by atoms with van der Waals surface area (Å²) in [6.45, 7) is 0. The summed E-state index contributed by atoms with van der Waals surface area (Å²) in [4.78, 5) is 3.87. The van der Waals surface area contributed by atoms with Crippen LogP contribution in [0.3, 0.4) is 0 Å². The Hall–Kier alpha value is -1.51. The molecule has 0 aliphatic carbocycles. The molecule has 0 N–H and O–H groups in total. The van der Waals surface area contributed by atoms with Gasteiger partial charge in [0.1, 0.15) is 0 Å². The summed E-state index contributed by atoms with van der Waals surface area (Å²) in [5.41, 5.74) is 0.0694. The van der Waals surface area contributed by atoms with Crippen molar-refractivity contribution in [2.45, 2.75) is 6.43 Å². The van der Waals surface area contributed by atoms with E-state index in [0.29, 0.717) is 5.39 Å². The second-order valence-corrected chi connectivity index (χ2v) is 2.74. The van der Waals surface area contributed by atoms with Crippen LogP contribution in [0.25, 0.3) is 10.8 Å². The number of pyridine rings is 1. The molecule has 0 saturated carbocycles. The van der Waals surface area contributed by atoms with Gasteiger partial charge in [-0.3, -0.25) is 4.98 Å². The highest BCUT2D eigenvalue weighted by molar-refractivity contribution is 5.84. The van der Waals surface area contributed by atoms with Crippen LogP contribution in [0.4, 0.5) is 8.78 Å². The maximum atomic E-state index is 12.5. The summed E-state index contributed by atoms with van der Waals surface area (Å²) in [7, 11) is 0. The number of hydrogen-bond donors (Lipinski definition) is 0. The third kappa shape index (κ3) is 1.37. The van der Waals surface area contributed by atoms with Crippen LogP contribution in [0.15, 0.2) is 36.7 Å². The maximum absolute atomic E-state index is 12.5. The molecule has 0 fully saturated rings. The van der Waals surface area contributed by atoms with Crippen LogP contribution in [-0.2, 0) is 0 Å². The molecule has 0 unspecified atom stereocenters. The van der Waals surface area contributed by atoms with E-state index >= 15 is 0 Å². The highest BCUT2D eigenvalue weighted by Crippen LogP contribution is 2.26. The smallest absolute Gasteiger partial charge is 0.264 e. The molecule has 66 valence electrons. The summed E-state index contributed by atoms with van der Waals surface area (Å²) in [5, 5.41) is 1.33. The average Bonchev–Trinajstić information content (AvgIpc) is 2.17. The molecule has 2 rings (SSSR count). The van der Waals surface area contributed by atoms with Crippen molar-refractivity contribution in [3.05, 3.63) is 42.2 Å². The van der Waals surface area contributed by atoms with Crippen molar-refractivity contribution in [3.63, 3.8) is 0 Å². The molecule has 0 radical (unpaired) electrons. The zero-order valence-electron chi connectivity index (χ0n) is 6.74. The molecule has 1 nitrogen and oxygen atoms in total. The molecule has 0 aliphatic heterocycles. The monoisotopic (exact) mass is 179 g/mol. The highest BCUT2D eigenvalue weighted by atomic mass is 19.3. The van der Waals surface area contributed by atoms with Crippen LogP contribution in [-0.4, -0.2) is 4.98 Å². The zero-order valence-corrected chi connectivity index (χ0v) is 6.74. The van der Waals surface area contributed by atoms with Gasteiger partial charge in [-0.05, 0) is 11.5 Å². The number of fused-ring (bicyclic) bond motifs is 1. The molecule has 13 heavy (non-hydrogen) atoms. The first-order valence-corrected chi connectivity index (χ1v) is 3.90. The van der Waals surface area contributed by atoms with E-state index in [4.69, 9.17) is 0 Å². The lowest BCUT2D eigenvalue weighted by atomic mass is 10.1. The van der Waals surface area contributed by atoms with E-state index in [1.165, 1.54) is 12.3 Å². The number of halogens is 2. The second kappa shape index (κ2) is 3.09. The predicted molar refractivity (Wildman–Crippen MR) is 46.7 cm³/mol. The number of benzene rings is 1. The number of rotatable bonds is 1. The number of hydrogen-bond acceptors (Lipinski definition) is 1. The minimum atomic E-state index is -2.42. The standard InChI is InChI=1S/C10H7F2N/c11-10(12)9-3-1-2-7-6-13-5-4-8(7)9/h1-6,10H. The topological polar surface area (TPSA) is 12.9 Å². The van der Waals surface area contributed by atoms with E-state index in [2.05, 4.69) is 4.98 Å². The Bertz CT molecular complexity index is 421. The molecule has 2 aromatic rings. The van der Waals surface area contributed by atoms with Gasteiger partial charge in [0.2, 0.25) is 0 Å². The van der Waals surface area contributed by atoms with Crippen LogP contribution in [0.2, 0.25) is 0 Å². The Balaban J connectivity index is 2.76. The second-order valence-electron chi connectivity index (χ2n) is 2.74. The van der Waals surface area contributed by atoms with Gasteiger partial charge in [-0.1, -0.05) is 18.2 Å². The van der Waals surface area contributed by atoms with Crippen molar-refractivity contribution in [2.75, 3.05) is 0 Å². The summed E-state index contributed by atoms with van der Waals surface area (Å²) in [5.74, 6) is 0. The average molecular weight is 179 g/mol. The Morgan fingerprint density at radius 3 is 2.77 bits per heavy atom. The molecule has 1 aromatic carbocycles. The third-order valence-electron chi connectivity index (χ3n) is 1.95. The normalized spacial score (nSPS) is 11.0. The quantitative estimate of drug-likeness (QED) is 0.655. The van der Waals surface area contributed by atoms with Gasteiger partial charge in [0, 0.05) is 23.3 Å². The molecule has 1 aromatic heterocycles. The molecule has 1 heterocycles. The first-order chi connectivity index (χ1) is 6.29. The minimum absolute atomic E-state index is 0.0694. The Morgan fingerprint density at radius 2 is 2.00 bits per heavy atom. The first kappa shape index (κ1) is 8.10. The van der Waals surface area contributed by atoms with Crippen LogP contribution in [0.1, 0.15) is 12.0 Å². The van der Waals surface area contributed by atoms with Gasteiger partial charge >= 0.3 is 0 Å². The van der Waals surface area contributed by atoms with Crippen molar-refractivity contribution >= 4 is 10.8 Å². The SMILES string of the molecule is FC(F)c1cccc2cnccc12. The third-order valence-corrected chi connectivity index (χ3v) is 1.95. The highest BCUT2D eigenvalue weighted by Gasteiger charge is 2.09.